The van der Waals surface area contributed by atoms with E-state index in [0.29, 0.717) is 29.4 Å². The van der Waals surface area contributed by atoms with Crippen LogP contribution in [0, 0.1) is 11.0 Å². The Kier molecular flexibility index (Phi) is 7.96. The quantitative estimate of drug-likeness (QED) is 0.196. The summed E-state index contributed by atoms with van der Waals surface area (Å²) in [5.41, 5.74) is 11.3. The van der Waals surface area contributed by atoms with Crippen molar-refractivity contribution in [2.45, 2.75) is 45.4 Å². The van der Waals surface area contributed by atoms with E-state index in [0.717, 1.165) is 67.4 Å². The molecule has 1 fully saturated rings. The maximum Gasteiger partial charge on any atom is 0.224 e. The Balaban J connectivity index is 1.33. The lowest BCUT2D eigenvalue weighted by atomic mass is 9.87. The van der Waals surface area contributed by atoms with Crippen molar-refractivity contribution in [1.29, 1.82) is 0 Å². The molecule has 1 aliphatic carbocycles. The summed E-state index contributed by atoms with van der Waals surface area (Å²) in [6.45, 7) is 1.93. The van der Waals surface area contributed by atoms with E-state index < -0.39 is 0 Å². The monoisotopic (exact) mass is 581 g/mol. The SMILES string of the molecule is C\C=c1/[nH]nc(-c2cc3c(-c4ccc(F)s4)nccc3[nH]2)/c1=C/C(=C\N)c1cncc(NC(=O)CC2CCCCC2)c1. The van der Waals surface area contributed by atoms with Gasteiger partial charge in [0.25, 0.3) is 0 Å². The molecule has 8 nitrogen and oxygen atoms in total. The van der Waals surface area contributed by atoms with Gasteiger partial charge >= 0.3 is 0 Å². The second-order valence-electron chi connectivity index (χ2n) is 10.6. The molecule has 0 atom stereocenters. The van der Waals surface area contributed by atoms with E-state index in [2.05, 4.69) is 30.5 Å². The zero-order valence-corrected chi connectivity index (χ0v) is 24.1. The highest BCUT2D eigenvalue weighted by molar-refractivity contribution is 7.13. The molecule has 5 heterocycles. The number of nitrogens with zero attached hydrogens (tertiary/aromatic N) is 3. The third-order valence-electron chi connectivity index (χ3n) is 7.77. The summed E-state index contributed by atoms with van der Waals surface area (Å²) >= 11 is 1.06. The van der Waals surface area contributed by atoms with Crippen molar-refractivity contribution in [2.75, 3.05) is 5.32 Å². The predicted octanol–water partition coefficient (Wildman–Crippen LogP) is 5.71. The molecule has 0 unspecified atom stereocenters. The van der Waals surface area contributed by atoms with E-state index in [1.807, 2.05) is 37.3 Å². The Hall–Kier alpha value is -4.57. The van der Waals surface area contributed by atoms with Crippen LogP contribution in [0.3, 0.4) is 0 Å². The lowest BCUT2D eigenvalue weighted by Crippen LogP contribution is -2.23. The molecule has 1 amide bonds. The number of thiophene rings is 1. The Morgan fingerprint density at radius 2 is 2.02 bits per heavy atom. The maximum absolute atomic E-state index is 13.8. The van der Waals surface area contributed by atoms with Crippen molar-refractivity contribution < 1.29 is 9.18 Å². The van der Waals surface area contributed by atoms with Crippen LogP contribution in [0.5, 0.6) is 0 Å². The smallest absolute Gasteiger partial charge is 0.224 e. The number of nitrogens with two attached hydrogens (primary N) is 1. The van der Waals surface area contributed by atoms with Crippen LogP contribution in [0.15, 0.2) is 55.1 Å². The molecule has 6 rings (SSSR count). The number of H-pyrrole nitrogens is 2. The lowest BCUT2D eigenvalue weighted by Gasteiger charge is -2.20. The summed E-state index contributed by atoms with van der Waals surface area (Å²) < 4.78 is 13.8. The summed E-state index contributed by atoms with van der Waals surface area (Å²) in [4.78, 5) is 25.8. The van der Waals surface area contributed by atoms with Gasteiger partial charge in [0.15, 0.2) is 5.13 Å². The molecule has 0 radical (unpaired) electrons. The highest BCUT2D eigenvalue weighted by atomic mass is 32.1. The van der Waals surface area contributed by atoms with Crippen molar-refractivity contribution in [2.24, 2.45) is 11.7 Å². The number of allylic oxidation sites excluding steroid dienone is 1. The summed E-state index contributed by atoms with van der Waals surface area (Å²) in [6.07, 6.45) is 17.0. The summed E-state index contributed by atoms with van der Waals surface area (Å²) in [6, 6.07) is 8.95. The van der Waals surface area contributed by atoms with Crippen molar-refractivity contribution in [3.8, 4) is 22.0 Å². The highest BCUT2D eigenvalue weighted by Crippen LogP contribution is 2.33. The third-order valence-corrected chi connectivity index (χ3v) is 8.65. The van der Waals surface area contributed by atoms with Crippen LogP contribution in [0.4, 0.5) is 10.1 Å². The fourth-order valence-corrected chi connectivity index (χ4v) is 6.41. The van der Waals surface area contributed by atoms with Gasteiger partial charge in [-0.25, -0.2) is 0 Å². The van der Waals surface area contributed by atoms with Gasteiger partial charge in [-0.1, -0.05) is 25.3 Å². The molecule has 0 aliphatic heterocycles. The molecule has 5 aromatic heterocycles. The minimum Gasteiger partial charge on any atom is -0.404 e. The Morgan fingerprint density at radius 3 is 2.79 bits per heavy atom. The topological polar surface area (TPSA) is 125 Å². The molecule has 0 bridgehead atoms. The number of halogens is 1. The summed E-state index contributed by atoms with van der Waals surface area (Å²) in [7, 11) is 0. The van der Waals surface area contributed by atoms with Crippen LogP contribution in [0.2, 0.25) is 0 Å². The molecule has 1 saturated carbocycles. The van der Waals surface area contributed by atoms with E-state index in [9.17, 15) is 9.18 Å². The summed E-state index contributed by atoms with van der Waals surface area (Å²) in [5, 5.41) is 13.0. The van der Waals surface area contributed by atoms with Gasteiger partial charge in [-0.3, -0.25) is 19.9 Å². The number of amides is 1. The van der Waals surface area contributed by atoms with Crippen LogP contribution < -0.4 is 21.6 Å². The number of carbonyl (C=O) groups is 1. The van der Waals surface area contributed by atoms with Crippen molar-refractivity contribution in [3.05, 3.63) is 76.4 Å². The number of carbonyl (C=O) groups excluding carboxylic acids is 1. The Morgan fingerprint density at radius 1 is 1.17 bits per heavy atom. The van der Waals surface area contributed by atoms with Crippen LogP contribution >= 0.6 is 11.3 Å². The van der Waals surface area contributed by atoms with Crippen LogP contribution in [-0.2, 0) is 4.79 Å². The molecule has 10 heteroatoms. The number of hydrogen-bond acceptors (Lipinski definition) is 6. The third kappa shape index (κ3) is 5.75. The molecule has 1 aliphatic rings. The number of pyridine rings is 2. The van der Waals surface area contributed by atoms with E-state index in [1.54, 1.807) is 24.7 Å². The lowest BCUT2D eigenvalue weighted by molar-refractivity contribution is -0.117. The van der Waals surface area contributed by atoms with Gasteiger partial charge in [0.1, 0.15) is 5.69 Å². The number of fused-ring (bicyclic) bond motifs is 1. The van der Waals surface area contributed by atoms with Gasteiger partial charge in [-0.2, -0.15) is 9.49 Å². The van der Waals surface area contributed by atoms with Crippen molar-refractivity contribution in [1.82, 2.24) is 25.1 Å². The Bertz CT molecular complexity index is 1890. The van der Waals surface area contributed by atoms with E-state index in [1.165, 1.54) is 31.5 Å². The van der Waals surface area contributed by atoms with Crippen LogP contribution in [0.25, 0.3) is 50.6 Å². The molecule has 0 spiro atoms. The van der Waals surface area contributed by atoms with Gasteiger partial charge < -0.3 is 16.0 Å². The molecule has 0 saturated heterocycles. The molecule has 0 aromatic carbocycles. The van der Waals surface area contributed by atoms with Gasteiger partial charge in [0.2, 0.25) is 5.91 Å². The van der Waals surface area contributed by atoms with E-state index in [4.69, 9.17) is 5.73 Å². The first kappa shape index (κ1) is 27.6. The van der Waals surface area contributed by atoms with Crippen molar-refractivity contribution >= 4 is 51.6 Å². The first-order valence-corrected chi connectivity index (χ1v) is 15.0. The highest BCUT2D eigenvalue weighted by Gasteiger charge is 2.18. The molecule has 5 N–H and O–H groups in total. The number of hydrogen-bond donors (Lipinski definition) is 4. The minimum absolute atomic E-state index is 0.0149. The molecule has 5 aromatic rings. The Labute approximate surface area is 246 Å². The first-order chi connectivity index (χ1) is 20.5. The van der Waals surface area contributed by atoms with Gasteiger partial charge in [-0.15, -0.1) is 11.3 Å². The molecular formula is C32H32FN7OS. The van der Waals surface area contributed by atoms with Crippen molar-refractivity contribution in [3.63, 3.8) is 0 Å². The van der Waals surface area contributed by atoms with Gasteiger partial charge in [0, 0.05) is 46.7 Å². The number of aromatic nitrogens is 5. The molecular weight excluding hydrogens is 549 g/mol. The van der Waals surface area contributed by atoms with E-state index >= 15 is 0 Å². The maximum atomic E-state index is 13.8. The molecule has 42 heavy (non-hydrogen) atoms. The normalized spacial score (nSPS) is 15.5. The fraction of sp³-hybridized carbons (Fsp3) is 0.250. The number of anilines is 1. The number of rotatable bonds is 7. The minimum atomic E-state index is -0.254. The first-order valence-electron chi connectivity index (χ1n) is 14.2. The number of aromatic amines is 2. The van der Waals surface area contributed by atoms with Crippen LogP contribution in [0.1, 0.15) is 51.0 Å². The van der Waals surface area contributed by atoms with Gasteiger partial charge in [0.05, 0.1) is 33.5 Å². The molecule has 214 valence electrons. The predicted molar refractivity (Wildman–Crippen MR) is 167 cm³/mol. The zero-order chi connectivity index (χ0) is 29.1. The zero-order valence-electron chi connectivity index (χ0n) is 23.3. The second-order valence-corrected chi connectivity index (χ2v) is 11.6. The van der Waals surface area contributed by atoms with Crippen LogP contribution in [-0.4, -0.2) is 31.1 Å². The fourth-order valence-electron chi connectivity index (χ4n) is 5.67. The largest absolute Gasteiger partial charge is 0.404 e. The second kappa shape index (κ2) is 12.1. The summed E-state index contributed by atoms with van der Waals surface area (Å²) in [5.74, 6) is 0.468. The number of nitrogens with one attached hydrogen (secondary N) is 3. The average Bonchev–Trinajstić information content (AvgIpc) is 3.74. The average molecular weight is 582 g/mol. The van der Waals surface area contributed by atoms with E-state index in [-0.39, 0.29) is 11.0 Å². The van der Waals surface area contributed by atoms with Gasteiger partial charge in [-0.05, 0) is 67.7 Å². The standard InChI is InChI=1S/C32H32FN7OS/c1-2-25-23(14-20(16-34)21-13-22(18-35-17-21)37-30(41)12-19-6-4-3-5-7-19)31(40-39-25)27-15-24-26(38-27)10-11-36-32(24)28-8-9-29(33)42-28/h2,8-11,13-19,38-39H,3-7,12,34H2,1H3,(H,37,41)/b20-16+,23-14+,25-2-.